The van der Waals surface area contributed by atoms with Crippen LogP contribution in [0.4, 0.5) is 4.39 Å². The van der Waals surface area contributed by atoms with Gasteiger partial charge in [0.25, 0.3) is 0 Å². The summed E-state index contributed by atoms with van der Waals surface area (Å²) in [7, 11) is 0. The summed E-state index contributed by atoms with van der Waals surface area (Å²) < 4.78 is 18.1. The van der Waals surface area contributed by atoms with Gasteiger partial charge < -0.3 is 20.7 Å². The largest absolute Gasteiger partial charge is 0.478 e. The van der Waals surface area contributed by atoms with Gasteiger partial charge in [0, 0.05) is 17.7 Å². The molecule has 0 spiro atoms. The number of rotatable bonds is 5. The summed E-state index contributed by atoms with van der Waals surface area (Å²) in [5.74, 6) is -2.24. The van der Waals surface area contributed by atoms with Crippen molar-refractivity contribution in [3.63, 3.8) is 0 Å². The fraction of sp³-hybridized carbons (Fsp3) is 0. The molecular weight excluding hydrogens is 333 g/mol. The number of carboxylic acid groups (broad SMARTS) is 2. The Morgan fingerprint density at radius 2 is 1.24 bits per heavy atom. The average molecular weight is 347 g/mol. The molecule has 7 nitrogen and oxygen atoms in total. The van der Waals surface area contributed by atoms with Gasteiger partial charge in [-0.25, -0.2) is 14.0 Å². The van der Waals surface area contributed by atoms with Crippen LogP contribution in [0.15, 0.2) is 60.7 Å². The van der Waals surface area contributed by atoms with Gasteiger partial charge in [0.1, 0.15) is 17.3 Å². The predicted octanol–water partition coefficient (Wildman–Crippen LogP) is 2.43. The van der Waals surface area contributed by atoms with Crippen LogP contribution < -0.4 is 10.5 Å². The van der Waals surface area contributed by atoms with Gasteiger partial charge in [-0.05, 0) is 48.5 Å². The van der Waals surface area contributed by atoms with Gasteiger partial charge in [0.05, 0.1) is 0 Å². The van der Waals surface area contributed by atoms with Crippen LogP contribution >= 0.6 is 0 Å². The Morgan fingerprint density at radius 1 is 0.840 bits per heavy atom. The number of amides is 1. The molecule has 0 aromatic heterocycles. The van der Waals surface area contributed by atoms with Crippen LogP contribution in [0.5, 0.6) is 11.5 Å². The van der Waals surface area contributed by atoms with E-state index < -0.39 is 17.8 Å². The topological polar surface area (TPSA) is 127 Å². The van der Waals surface area contributed by atoms with Crippen molar-refractivity contribution in [1.29, 1.82) is 0 Å². The molecule has 0 unspecified atom stereocenters. The second-order valence-electron chi connectivity index (χ2n) is 4.45. The van der Waals surface area contributed by atoms with Crippen molar-refractivity contribution in [3.05, 3.63) is 72.1 Å². The van der Waals surface area contributed by atoms with E-state index in [-0.39, 0.29) is 5.82 Å². The van der Waals surface area contributed by atoms with Gasteiger partial charge in [-0.15, -0.1) is 0 Å². The van der Waals surface area contributed by atoms with Crippen molar-refractivity contribution >= 4 is 17.8 Å². The maximum Gasteiger partial charge on any atom is 0.328 e. The van der Waals surface area contributed by atoms with E-state index in [4.69, 9.17) is 20.7 Å². The van der Waals surface area contributed by atoms with Crippen LogP contribution in [0.1, 0.15) is 10.4 Å². The van der Waals surface area contributed by atoms with E-state index in [0.717, 1.165) is 0 Å². The molecule has 2 rings (SSSR count). The zero-order chi connectivity index (χ0) is 18.8. The third kappa shape index (κ3) is 7.93. The smallest absolute Gasteiger partial charge is 0.328 e. The molecule has 4 N–H and O–H groups in total. The molecule has 0 aliphatic carbocycles. The number of carboxylic acids is 2. The molecule has 2 aromatic carbocycles. The number of aliphatic carboxylic acids is 2. The molecule has 130 valence electrons. The number of ether oxygens (including phenoxy) is 1. The standard InChI is InChI=1S/C13H10FNO2.C4H4O4/c14-10-3-7-12(8-4-10)17-11-5-1-9(2-6-11)13(15)16;5-3(6)1-2-4(7)8/h1-8H,(H2,15,16);1-2H,(H,5,6)(H,7,8)/b;2-1+. The summed E-state index contributed by atoms with van der Waals surface area (Å²) in [5, 5.41) is 15.6. The van der Waals surface area contributed by atoms with Gasteiger partial charge >= 0.3 is 11.9 Å². The summed E-state index contributed by atoms with van der Waals surface area (Å²) in [6, 6.07) is 12.1. The third-order valence-electron chi connectivity index (χ3n) is 2.56. The number of carbonyl (C=O) groups excluding carboxylic acids is 1. The quantitative estimate of drug-likeness (QED) is 0.713. The summed E-state index contributed by atoms with van der Waals surface area (Å²) in [6.07, 6.45) is 1.12. The Balaban J connectivity index is 0.000000333. The lowest BCUT2D eigenvalue weighted by molar-refractivity contribution is -0.134. The summed E-state index contributed by atoms with van der Waals surface area (Å²) in [4.78, 5) is 30.0. The molecule has 0 heterocycles. The molecular formula is C17H14FNO6. The van der Waals surface area contributed by atoms with Crippen molar-refractivity contribution in [1.82, 2.24) is 0 Å². The number of hydrogen-bond acceptors (Lipinski definition) is 4. The number of carbonyl (C=O) groups is 3. The van der Waals surface area contributed by atoms with Crippen LogP contribution in [0.2, 0.25) is 0 Å². The molecule has 25 heavy (non-hydrogen) atoms. The summed E-state index contributed by atoms with van der Waals surface area (Å²) in [6.45, 7) is 0. The van der Waals surface area contributed by atoms with Crippen molar-refractivity contribution in [2.75, 3.05) is 0 Å². The lowest BCUT2D eigenvalue weighted by Crippen LogP contribution is -2.10. The average Bonchev–Trinajstić information content (AvgIpc) is 2.56. The number of nitrogens with two attached hydrogens (primary N) is 1. The number of primary amides is 1. The van der Waals surface area contributed by atoms with Crippen molar-refractivity contribution in [2.24, 2.45) is 5.73 Å². The van der Waals surface area contributed by atoms with E-state index in [0.29, 0.717) is 29.2 Å². The zero-order valence-corrected chi connectivity index (χ0v) is 12.8. The molecule has 2 aromatic rings. The maximum atomic E-state index is 12.7. The Kier molecular flexibility index (Phi) is 7.33. The van der Waals surface area contributed by atoms with E-state index in [1.807, 2.05) is 0 Å². The van der Waals surface area contributed by atoms with Crippen LogP contribution in [-0.2, 0) is 9.59 Å². The number of halogens is 1. The summed E-state index contributed by atoms with van der Waals surface area (Å²) in [5.41, 5.74) is 5.53. The fourth-order valence-electron chi connectivity index (χ4n) is 1.47. The second-order valence-corrected chi connectivity index (χ2v) is 4.45. The third-order valence-corrected chi connectivity index (χ3v) is 2.56. The van der Waals surface area contributed by atoms with Crippen LogP contribution in [0.25, 0.3) is 0 Å². The Hall–Kier alpha value is -3.68. The van der Waals surface area contributed by atoms with E-state index in [1.165, 1.54) is 24.3 Å². The first kappa shape index (κ1) is 19.4. The monoisotopic (exact) mass is 347 g/mol. The fourth-order valence-corrected chi connectivity index (χ4v) is 1.47. The highest BCUT2D eigenvalue weighted by Crippen LogP contribution is 2.21. The van der Waals surface area contributed by atoms with E-state index >= 15 is 0 Å². The molecule has 0 aliphatic rings. The minimum atomic E-state index is -1.26. The number of benzene rings is 2. The maximum absolute atomic E-state index is 12.7. The minimum Gasteiger partial charge on any atom is -0.478 e. The Morgan fingerprint density at radius 3 is 1.60 bits per heavy atom. The number of hydrogen-bond donors (Lipinski definition) is 3. The van der Waals surface area contributed by atoms with Crippen molar-refractivity contribution in [3.8, 4) is 11.5 Å². The first-order valence-corrected chi connectivity index (χ1v) is 6.75. The second kappa shape index (κ2) is 9.46. The van der Waals surface area contributed by atoms with Gasteiger partial charge in [0.2, 0.25) is 5.91 Å². The van der Waals surface area contributed by atoms with Gasteiger partial charge in [-0.3, -0.25) is 4.79 Å². The SMILES string of the molecule is NC(=O)c1ccc(Oc2ccc(F)cc2)cc1.O=C(O)/C=C/C(=O)O. The highest BCUT2D eigenvalue weighted by atomic mass is 19.1. The lowest BCUT2D eigenvalue weighted by Gasteiger charge is -2.05. The molecule has 0 saturated carbocycles. The molecule has 0 fully saturated rings. The zero-order valence-electron chi connectivity index (χ0n) is 12.8. The molecule has 0 radical (unpaired) electrons. The van der Waals surface area contributed by atoms with Crippen molar-refractivity contribution in [2.45, 2.75) is 0 Å². The Bertz CT molecular complexity index is 753. The molecule has 0 aliphatic heterocycles. The van der Waals surface area contributed by atoms with Crippen molar-refractivity contribution < 1.29 is 33.7 Å². The van der Waals surface area contributed by atoms with Gasteiger partial charge in [-0.2, -0.15) is 0 Å². The molecule has 0 saturated heterocycles. The predicted molar refractivity (Wildman–Crippen MR) is 85.8 cm³/mol. The molecule has 1 amide bonds. The molecule has 8 heteroatoms. The first-order valence-electron chi connectivity index (χ1n) is 6.75. The summed E-state index contributed by atoms with van der Waals surface area (Å²) >= 11 is 0. The molecule has 0 bridgehead atoms. The van der Waals surface area contributed by atoms with Crippen LogP contribution in [0.3, 0.4) is 0 Å². The van der Waals surface area contributed by atoms with E-state index in [2.05, 4.69) is 0 Å². The normalized spacial score (nSPS) is 9.80. The molecule has 0 atom stereocenters. The lowest BCUT2D eigenvalue weighted by atomic mass is 10.2. The first-order chi connectivity index (χ1) is 11.8. The van der Waals surface area contributed by atoms with Crippen LogP contribution in [-0.4, -0.2) is 28.1 Å². The van der Waals surface area contributed by atoms with Gasteiger partial charge in [0.15, 0.2) is 0 Å². The van der Waals surface area contributed by atoms with E-state index in [1.54, 1.807) is 24.3 Å². The van der Waals surface area contributed by atoms with Crippen LogP contribution in [0, 0.1) is 5.82 Å². The Labute approximate surface area is 141 Å². The van der Waals surface area contributed by atoms with E-state index in [9.17, 15) is 18.8 Å². The van der Waals surface area contributed by atoms with Gasteiger partial charge in [-0.1, -0.05) is 0 Å². The highest BCUT2D eigenvalue weighted by molar-refractivity contribution is 5.92. The minimum absolute atomic E-state index is 0.318. The highest BCUT2D eigenvalue weighted by Gasteiger charge is 2.01.